The van der Waals surface area contributed by atoms with E-state index in [2.05, 4.69) is 5.32 Å². The van der Waals surface area contributed by atoms with Crippen LogP contribution in [-0.4, -0.2) is 51.7 Å². The predicted octanol–water partition coefficient (Wildman–Crippen LogP) is -0.461. The van der Waals surface area contributed by atoms with Gasteiger partial charge in [-0.25, -0.2) is 0 Å². The largest absolute Gasteiger partial charge is 0.733 e. The molecule has 20 heavy (non-hydrogen) atoms. The number of aliphatic hydroxyl groups is 3. The molecule has 0 bridgehead atoms. The van der Waals surface area contributed by atoms with Gasteiger partial charge in [0.15, 0.2) is 6.23 Å². The molecule has 1 heterocycles. The number of ether oxygens (including phenoxy) is 1. The van der Waals surface area contributed by atoms with Gasteiger partial charge < -0.3 is 35.8 Å². The molecule has 8 nitrogen and oxygen atoms in total. The van der Waals surface area contributed by atoms with Gasteiger partial charge in [-0.15, -0.1) is 0 Å². The van der Waals surface area contributed by atoms with Crippen molar-refractivity contribution in [2.75, 3.05) is 17.2 Å². The highest BCUT2D eigenvalue weighted by molar-refractivity contribution is 5.61. The summed E-state index contributed by atoms with van der Waals surface area (Å²) in [7, 11) is 0. The molecule has 0 spiro atoms. The summed E-state index contributed by atoms with van der Waals surface area (Å²) >= 11 is 0. The van der Waals surface area contributed by atoms with E-state index >= 15 is 0 Å². The molecule has 1 aromatic carbocycles. The summed E-state index contributed by atoms with van der Waals surface area (Å²) in [4.78, 5) is 0. The zero-order valence-electron chi connectivity index (χ0n) is 10.8. The van der Waals surface area contributed by atoms with Crippen molar-refractivity contribution in [1.82, 2.24) is 0 Å². The summed E-state index contributed by atoms with van der Waals surface area (Å²) in [5.74, 6) is 0. The minimum absolute atomic E-state index is 0.0176. The molecule has 0 unspecified atom stereocenters. The van der Waals surface area contributed by atoms with Crippen molar-refractivity contribution in [3.8, 4) is 0 Å². The van der Waals surface area contributed by atoms with E-state index in [-0.39, 0.29) is 17.5 Å². The molecule has 1 aliphatic rings. The van der Waals surface area contributed by atoms with Crippen molar-refractivity contribution in [3.63, 3.8) is 0 Å². The van der Waals surface area contributed by atoms with E-state index < -0.39 is 24.5 Å². The molecule has 4 atom stereocenters. The molecule has 1 fully saturated rings. The maximum atomic E-state index is 10.9. The van der Waals surface area contributed by atoms with Crippen molar-refractivity contribution >= 4 is 11.4 Å². The highest BCUT2D eigenvalue weighted by Gasteiger charge is 2.37. The van der Waals surface area contributed by atoms with E-state index in [1.54, 1.807) is 13.0 Å². The number of hydrogen-bond acceptors (Lipinski definition) is 8. The molecule has 1 aliphatic heterocycles. The lowest BCUT2D eigenvalue weighted by Gasteiger charge is -2.36. The Hall–Kier alpha value is -1.42. The van der Waals surface area contributed by atoms with E-state index in [0.717, 1.165) is 5.56 Å². The number of nitrogens with one attached hydrogen (secondary N) is 1. The van der Waals surface area contributed by atoms with E-state index in [9.17, 15) is 20.5 Å². The second-order valence-electron chi connectivity index (χ2n) is 4.72. The standard InChI is InChI=1S/C12H17N2O6/c1-6-2-3-7(14(18)19)4-8(6)13-12-11(17)10(16)9(15)5-20-12/h2-4,9-13,15-18H,5H2,1H3/q-1/t9-,10-,11-,12-/m1/s1. The van der Waals surface area contributed by atoms with Crippen LogP contribution in [0, 0.1) is 12.1 Å². The molecule has 112 valence electrons. The van der Waals surface area contributed by atoms with Crippen molar-refractivity contribution in [3.05, 3.63) is 29.0 Å². The van der Waals surface area contributed by atoms with Gasteiger partial charge in [0.05, 0.1) is 12.3 Å². The molecule has 1 aromatic rings. The summed E-state index contributed by atoms with van der Waals surface area (Å²) in [6.07, 6.45) is -4.72. The molecule has 0 amide bonds. The predicted molar refractivity (Wildman–Crippen MR) is 70.2 cm³/mol. The summed E-state index contributed by atoms with van der Waals surface area (Å²) in [6, 6.07) is 4.43. The third kappa shape index (κ3) is 3.01. The molecule has 0 aromatic heterocycles. The number of rotatable bonds is 3. The van der Waals surface area contributed by atoms with Crippen LogP contribution in [0.25, 0.3) is 0 Å². The average Bonchev–Trinajstić information content (AvgIpc) is 2.41. The number of aryl methyl sites for hydroxylation is 1. The molecule has 2 rings (SSSR count). The lowest BCUT2D eigenvalue weighted by Crippen LogP contribution is -2.55. The van der Waals surface area contributed by atoms with Gasteiger partial charge in [0, 0.05) is 5.69 Å². The Bertz CT molecular complexity index is 469. The van der Waals surface area contributed by atoms with Crippen molar-refractivity contribution in [1.29, 1.82) is 0 Å². The Balaban J connectivity index is 2.15. The fourth-order valence-corrected chi connectivity index (χ4v) is 1.97. The molecular weight excluding hydrogens is 268 g/mol. The molecular formula is C12H17N2O6-. The Labute approximate surface area is 115 Å². The fraction of sp³-hybridized carbons (Fsp3) is 0.500. The van der Waals surface area contributed by atoms with E-state index in [1.165, 1.54) is 12.1 Å². The van der Waals surface area contributed by atoms with Crippen LogP contribution < -0.4 is 10.5 Å². The number of hydrogen-bond donors (Lipinski definition) is 5. The van der Waals surface area contributed by atoms with Gasteiger partial charge in [-0.2, -0.15) is 0 Å². The van der Waals surface area contributed by atoms with E-state index in [4.69, 9.17) is 9.94 Å². The lowest BCUT2D eigenvalue weighted by atomic mass is 10.0. The van der Waals surface area contributed by atoms with Crippen molar-refractivity contribution in [2.45, 2.75) is 31.5 Å². The van der Waals surface area contributed by atoms with E-state index in [0.29, 0.717) is 5.69 Å². The summed E-state index contributed by atoms with van der Waals surface area (Å²) in [5, 5.41) is 51.0. The van der Waals surface area contributed by atoms with Crippen LogP contribution in [-0.2, 0) is 4.74 Å². The van der Waals surface area contributed by atoms with Gasteiger partial charge in [-0.1, -0.05) is 6.07 Å². The van der Waals surface area contributed by atoms with Crippen molar-refractivity contribution in [2.24, 2.45) is 0 Å². The number of nitrogens with zero attached hydrogens (tertiary/aromatic N) is 1. The second-order valence-corrected chi connectivity index (χ2v) is 4.72. The maximum absolute atomic E-state index is 10.9. The molecule has 0 aliphatic carbocycles. The molecule has 5 N–H and O–H groups in total. The third-order valence-corrected chi connectivity index (χ3v) is 3.24. The number of benzene rings is 1. The third-order valence-electron chi connectivity index (χ3n) is 3.24. The highest BCUT2D eigenvalue weighted by Crippen LogP contribution is 2.25. The first-order valence-corrected chi connectivity index (χ1v) is 6.09. The van der Waals surface area contributed by atoms with Crippen molar-refractivity contribution < 1.29 is 25.3 Å². The molecule has 0 saturated carbocycles. The molecule has 0 radical (unpaired) electrons. The normalized spacial score (nSPS) is 30.1. The minimum atomic E-state index is -1.32. The minimum Gasteiger partial charge on any atom is -0.733 e. The topological polar surface area (TPSA) is 128 Å². The summed E-state index contributed by atoms with van der Waals surface area (Å²) in [5.41, 5.74) is 1.24. The lowest BCUT2D eigenvalue weighted by molar-refractivity contribution is -0.178. The summed E-state index contributed by atoms with van der Waals surface area (Å²) in [6.45, 7) is 1.64. The van der Waals surface area contributed by atoms with Gasteiger partial charge >= 0.3 is 0 Å². The molecule has 8 heteroatoms. The Morgan fingerprint density at radius 1 is 1.30 bits per heavy atom. The number of anilines is 2. The van der Waals surface area contributed by atoms with Gasteiger partial charge in [-0.3, -0.25) is 5.21 Å². The first kappa shape index (κ1) is 15.0. The van der Waals surface area contributed by atoms with Crippen LogP contribution in [0.2, 0.25) is 0 Å². The Morgan fingerprint density at radius 3 is 2.65 bits per heavy atom. The average molecular weight is 285 g/mol. The maximum Gasteiger partial charge on any atom is 0.156 e. The monoisotopic (exact) mass is 285 g/mol. The highest BCUT2D eigenvalue weighted by atomic mass is 16.8. The molecule has 1 saturated heterocycles. The quantitative estimate of drug-likeness (QED) is 0.472. The van der Waals surface area contributed by atoms with Crippen LogP contribution in [0.4, 0.5) is 11.4 Å². The zero-order chi connectivity index (χ0) is 14.9. The zero-order valence-corrected chi connectivity index (χ0v) is 10.8. The van der Waals surface area contributed by atoms with Gasteiger partial charge in [0.1, 0.15) is 18.3 Å². The Kier molecular flexibility index (Phi) is 4.43. The second kappa shape index (κ2) is 5.92. The van der Waals surface area contributed by atoms with Crippen LogP contribution >= 0.6 is 0 Å². The number of aliphatic hydroxyl groups excluding tert-OH is 3. The SMILES string of the molecule is Cc1ccc(N([O-])O)cc1N[C@@H]1OC[C@@H](O)[C@@H](O)[C@H]1O. The van der Waals surface area contributed by atoms with E-state index in [1.807, 2.05) is 0 Å². The first-order valence-electron chi connectivity index (χ1n) is 6.09. The van der Waals surface area contributed by atoms with Crippen LogP contribution in [0.3, 0.4) is 0 Å². The smallest absolute Gasteiger partial charge is 0.156 e. The first-order chi connectivity index (χ1) is 9.40. The summed E-state index contributed by atoms with van der Waals surface area (Å²) < 4.78 is 5.21. The fourth-order valence-electron chi connectivity index (χ4n) is 1.97. The van der Waals surface area contributed by atoms with Gasteiger partial charge in [-0.05, 0) is 24.6 Å². The van der Waals surface area contributed by atoms with Crippen LogP contribution in [0.1, 0.15) is 5.56 Å². The van der Waals surface area contributed by atoms with Crippen LogP contribution in [0.5, 0.6) is 0 Å². The van der Waals surface area contributed by atoms with Gasteiger partial charge in [0.2, 0.25) is 0 Å². The van der Waals surface area contributed by atoms with Gasteiger partial charge in [0.25, 0.3) is 0 Å². The van der Waals surface area contributed by atoms with Crippen LogP contribution in [0.15, 0.2) is 18.2 Å². The Morgan fingerprint density at radius 2 is 2.00 bits per heavy atom.